The number of non-ortho nitro benzene ring substituents is 1. The molecule has 4 rings (SSSR count). The maximum atomic E-state index is 13.1. The molecule has 1 aliphatic rings. The number of methoxy groups -OCH3 is 1. The van der Waals surface area contributed by atoms with Crippen LogP contribution in [0.1, 0.15) is 22.7 Å². The molecule has 0 radical (unpaired) electrons. The summed E-state index contributed by atoms with van der Waals surface area (Å²) < 4.78 is 5.13. The highest BCUT2D eigenvalue weighted by atomic mass is 16.6. The van der Waals surface area contributed by atoms with E-state index in [9.17, 15) is 24.8 Å². The second-order valence-electron chi connectivity index (χ2n) is 7.49. The lowest BCUT2D eigenvalue weighted by Gasteiger charge is -2.25. The van der Waals surface area contributed by atoms with E-state index < -0.39 is 22.7 Å². The molecule has 1 aliphatic heterocycles. The number of benzene rings is 3. The molecule has 0 bridgehead atoms. The molecule has 1 unspecified atom stereocenters. The Hall–Kier alpha value is -4.46. The Balaban J connectivity index is 1.87. The highest BCUT2D eigenvalue weighted by Gasteiger charge is 2.46. The van der Waals surface area contributed by atoms with E-state index in [0.717, 1.165) is 5.56 Å². The molecule has 1 N–H and O–H groups in total. The predicted octanol–water partition coefficient (Wildman–Crippen LogP) is 4.23. The Morgan fingerprint density at radius 3 is 2.36 bits per heavy atom. The molecule has 33 heavy (non-hydrogen) atoms. The number of likely N-dealkylation sites (tertiary alicyclic amines) is 1. The number of amides is 1. The van der Waals surface area contributed by atoms with Crippen LogP contribution in [0.3, 0.4) is 0 Å². The molecule has 3 aromatic carbocycles. The zero-order valence-corrected chi connectivity index (χ0v) is 17.7. The third-order valence-electron chi connectivity index (χ3n) is 5.50. The van der Waals surface area contributed by atoms with E-state index in [-0.39, 0.29) is 23.6 Å². The average Bonchev–Trinajstić information content (AvgIpc) is 3.09. The van der Waals surface area contributed by atoms with Crippen molar-refractivity contribution in [1.82, 2.24) is 4.90 Å². The molecule has 1 amide bonds. The SMILES string of the molecule is COc1ccc(/C(O)=C2\C(=O)C(=O)N(Cc3ccccc3)C2c2cccc([N+](=O)[O-])c2)cc1. The number of carbonyl (C=O) groups is 2. The van der Waals surface area contributed by atoms with E-state index in [1.165, 1.54) is 30.2 Å². The van der Waals surface area contributed by atoms with E-state index in [0.29, 0.717) is 16.9 Å². The number of carbonyl (C=O) groups excluding carboxylic acids is 2. The smallest absolute Gasteiger partial charge is 0.295 e. The Morgan fingerprint density at radius 2 is 1.73 bits per heavy atom. The van der Waals surface area contributed by atoms with Crippen molar-refractivity contribution in [2.24, 2.45) is 0 Å². The Labute approximate surface area is 189 Å². The molecule has 1 atom stereocenters. The van der Waals surface area contributed by atoms with Crippen molar-refractivity contribution in [3.63, 3.8) is 0 Å². The monoisotopic (exact) mass is 444 g/mol. The van der Waals surface area contributed by atoms with Crippen molar-refractivity contribution < 1.29 is 24.4 Å². The van der Waals surface area contributed by atoms with Crippen LogP contribution < -0.4 is 4.74 Å². The van der Waals surface area contributed by atoms with Crippen LogP contribution in [0.4, 0.5) is 5.69 Å². The van der Waals surface area contributed by atoms with Crippen LogP contribution in [0.5, 0.6) is 5.75 Å². The van der Waals surface area contributed by atoms with Gasteiger partial charge in [0.1, 0.15) is 11.5 Å². The largest absolute Gasteiger partial charge is 0.507 e. The van der Waals surface area contributed by atoms with Gasteiger partial charge in [0.2, 0.25) is 0 Å². The number of hydrogen-bond acceptors (Lipinski definition) is 6. The number of aliphatic hydroxyl groups excluding tert-OH is 1. The summed E-state index contributed by atoms with van der Waals surface area (Å²) in [6, 6.07) is 20.2. The zero-order chi connectivity index (χ0) is 23.5. The molecule has 3 aromatic rings. The first-order chi connectivity index (χ1) is 15.9. The lowest BCUT2D eigenvalue weighted by Crippen LogP contribution is -2.29. The molecule has 1 fully saturated rings. The predicted molar refractivity (Wildman–Crippen MR) is 120 cm³/mol. The van der Waals surface area contributed by atoms with Crippen LogP contribution in [0, 0.1) is 10.1 Å². The van der Waals surface area contributed by atoms with Gasteiger partial charge in [0.05, 0.1) is 23.6 Å². The Kier molecular flexibility index (Phi) is 5.91. The second-order valence-corrected chi connectivity index (χ2v) is 7.49. The molecule has 0 aliphatic carbocycles. The van der Waals surface area contributed by atoms with Crippen LogP contribution >= 0.6 is 0 Å². The average molecular weight is 444 g/mol. The van der Waals surface area contributed by atoms with Crippen molar-refractivity contribution in [3.05, 3.63) is 111 Å². The van der Waals surface area contributed by atoms with Crippen molar-refractivity contribution in [2.45, 2.75) is 12.6 Å². The standard InChI is InChI=1S/C25H20N2O6/c1-33-20-12-10-17(11-13-20)23(28)21-22(18-8-5-9-19(14-18)27(31)32)26(25(30)24(21)29)15-16-6-3-2-4-7-16/h2-14,22,28H,15H2,1H3/b23-21+. The highest BCUT2D eigenvalue weighted by Crippen LogP contribution is 2.41. The Bertz CT molecular complexity index is 1250. The van der Waals surface area contributed by atoms with Gasteiger partial charge in [-0.3, -0.25) is 19.7 Å². The van der Waals surface area contributed by atoms with Crippen LogP contribution in [-0.4, -0.2) is 33.7 Å². The van der Waals surface area contributed by atoms with Gasteiger partial charge in [0.15, 0.2) is 0 Å². The molecule has 0 saturated carbocycles. The first kappa shape index (κ1) is 21.8. The van der Waals surface area contributed by atoms with Crippen molar-refractivity contribution in [1.29, 1.82) is 0 Å². The normalized spacial score (nSPS) is 17.2. The van der Waals surface area contributed by atoms with Gasteiger partial charge in [-0.2, -0.15) is 0 Å². The quantitative estimate of drug-likeness (QED) is 0.200. The van der Waals surface area contributed by atoms with Crippen LogP contribution in [0.15, 0.2) is 84.4 Å². The highest BCUT2D eigenvalue weighted by molar-refractivity contribution is 6.46. The van der Waals surface area contributed by atoms with Gasteiger partial charge in [0.25, 0.3) is 17.4 Å². The summed E-state index contributed by atoms with van der Waals surface area (Å²) in [4.78, 5) is 38.2. The molecule has 0 spiro atoms. The van der Waals surface area contributed by atoms with Gasteiger partial charge in [-0.25, -0.2) is 0 Å². The summed E-state index contributed by atoms with van der Waals surface area (Å²) in [5.74, 6) is -1.43. The van der Waals surface area contributed by atoms with E-state index in [1.807, 2.05) is 30.3 Å². The minimum absolute atomic E-state index is 0.0954. The van der Waals surface area contributed by atoms with Crippen molar-refractivity contribution >= 4 is 23.1 Å². The van der Waals surface area contributed by atoms with E-state index in [4.69, 9.17) is 4.74 Å². The number of hydrogen-bond donors (Lipinski definition) is 1. The summed E-state index contributed by atoms with van der Waals surface area (Å²) in [5, 5.41) is 22.4. The van der Waals surface area contributed by atoms with Crippen LogP contribution in [0.25, 0.3) is 5.76 Å². The van der Waals surface area contributed by atoms with Crippen molar-refractivity contribution in [2.75, 3.05) is 7.11 Å². The maximum absolute atomic E-state index is 13.1. The van der Waals surface area contributed by atoms with Gasteiger partial charge in [-0.05, 0) is 35.4 Å². The van der Waals surface area contributed by atoms with Gasteiger partial charge in [-0.1, -0.05) is 42.5 Å². The fourth-order valence-corrected chi connectivity index (χ4v) is 3.88. The number of aliphatic hydroxyl groups is 1. The lowest BCUT2D eigenvalue weighted by atomic mass is 9.95. The van der Waals surface area contributed by atoms with Gasteiger partial charge in [0, 0.05) is 24.2 Å². The molecular weight excluding hydrogens is 424 g/mol. The third kappa shape index (κ3) is 4.18. The van der Waals surface area contributed by atoms with Gasteiger partial charge >= 0.3 is 0 Å². The zero-order valence-electron chi connectivity index (χ0n) is 17.7. The number of rotatable bonds is 6. The molecule has 166 valence electrons. The summed E-state index contributed by atoms with van der Waals surface area (Å²) >= 11 is 0. The molecule has 8 nitrogen and oxygen atoms in total. The number of Topliss-reactive ketones (excluding diaryl/α,β-unsaturated/α-hetero) is 1. The van der Waals surface area contributed by atoms with E-state index >= 15 is 0 Å². The fourth-order valence-electron chi connectivity index (χ4n) is 3.88. The fraction of sp³-hybridized carbons (Fsp3) is 0.120. The molecule has 1 heterocycles. The number of nitro groups is 1. The minimum atomic E-state index is -0.993. The lowest BCUT2D eigenvalue weighted by molar-refractivity contribution is -0.384. The number of ether oxygens (including phenoxy) is 1. The summed E-state index contributed by atoms with van der Waals surface area (Å²) in [6.07, 6.45) is 0. The van der Waals surface area contributed by atoms with E-state index in [2.05, 4.69) is 0 Å². The summed E-state index contributed by atoms with van der Waals surface area (Å²) in [5.41, 5.74) is 1.15. The molecule has 1 saturated heterocycles. The maximum Gasteiger partial charge on any atom is 0.295 e. The Morgan fingerprint density at radius 1 is 1.03 bits per heavy atom. The topological polar surface area (TPSA) is 110 Å². The first-order valence-electron chi connectivity index (χ1n) is 10.1. The molecule has 0 aromatic heterocycles. The van der Waals surface area contributed by atoms with Gasteiger partial charge in [-0.15, -0.1) is 0 Å². The third-order valence-corrected chi connectivity index (χ3v) is 5.50. The number of nitro benzene ring substituents is 1. The van der Waals surface area contributed by atoms with E-state index in [1.54, 1.807) is 30.3 Å². The minimum Gasteiger partial charge on any atom is -0.507 e. The van der Waals surface area contributed by atoms with Crippen molar-refractivity contribution in [3.8, 4) is 5.75 Å². The number of nitrogens with zero attached hydrogens (tertiary/aromatic N) is 2. The first-order valence-corrected chi connectivity index (χ1v) is 10.1. The molecule has 8 heteroatoms. The molecular formula is C25H20N2O6. The number of ketones is 1. The summed E-state index contributed by atoms with van der Waals surface area (Å²) in [7, 11) is 1.51. The second kappa shape index (κ2) is 8.96. The summed E-state index contributed by atoms with van der Waals surface area (Å²) in [6.45, 7) is 0.0954. The van der Waals surface area contributed by atoms with Crippen LogP contribution in [-0.2, 0) is 16.1 Å². The van der Waals surface area contributed by atoms with Crippen LogP contribution in [0.2, 0.25) is 0 Å². The van der Waals surface area contributed by atoms with Gasteiger partial charge < -0.3 is 14.7 Å².